The van der Waals surface area contributed by atoms with E-state index >= 15 is 0 Å². The summed E-state index contributed by atoms with van der Waals surface area (Å²) in [5.74, 6) is -0.337. The molecule has 1 aliphatic heterocycles. The van der Waals surface area contributed by atoms with Crippen LogP contribution in [0.3, 0.4) is 0 Å². The van der Waals surface area contributed by atoms with Crippen molar-refractivity contribution in [1.29, 1.82) is 0 Å². The summed E-state index contributed by atoms with van der Waals surface area (Å²) < 4.78 is 4.98. The van der Waals surface area contributed by atoms with Gasteiger partial charge in [-0.2, -0.15) is 0 Å². The molecule has 0 fully saturated rings. The van der Waals surface area contributed by atoms with Crippen LogP contribution in [-0.2, 0) is 22.7 Å². The molecule has 5 heteroatoms. The van der Waals surface area contributed by atoms with Crippen molar-refractivity contribution in [2.45, 2.75) is 20.1 Å². The Balaban J connectivity index is 1.63. The molecule has 3 rings (SSSR count). The highest BCUT2D eigenvalue weighted by molar-refractivity contribution is 5.93. The highest BCUT2D eigenvalue weighted by Gasteiger charge is 2.20. The van der Waals surface area contributed by atoms with Gasteiger partial charge in [-0.3, -0.25) is 4.79 Å². The van der Waals surface area contributed by atoms with Crippen LogP contribution < -0.4 is 10.6 Å². The van der Waals surface area contributed by atoms with Gasteiger partial charge in [-0.25, -0.2) is 4.79 Å². The molecule has 112 valence electrons. The number of ether oxygens (including phenoxy) is 1. The van der Waals surface area contributed by atoms with Crippen LogP contribution in [0.4, 0.5) is 11.4 Å². The normalized spacial score (nSPS) is 12.5. The Kier molecular flexibility index (Phi) is 3.78. The van der Waals surface area contributed by atoms with Gasteiger partial charge < -0.3 is 15.4 Å². The lowest BCUT2D eigenvalue weighted by atomic mass is 10.1. The molecule has 22 heavy (non-hydrogen) atoms. The molecule has 1 heterocycles. The number of fused-ring (bicyclic) bond motifs is 1. The van der Waals surface area contributed by atoms with Crippen LogP contribution in [0, 0.1) is 0 Å². The van der Waals surface area contributed by atoms with Crippen LogP contribution in [0.15, 0.2) is 42.5 Å². The van der Waals surface area contributed by atoms with E-state index in [1.807, 2.05) is 36.4 Å². The number of benzene rings is 2. The number of anilines is 2. The average molecular weight is 296 g/mol. The zero-order valence-corrected chi connectivity index (χ0v) is 12.2. The van der Waals surface area contributed by atoms with Gasteiger partial charge in [0.05, 0.1) is 5.56 Å². The van der Waals surface area contributed by atoms with E-state index in [-0.39, 0.29) is 11.9 Å². The molecule has 1 aliphatic rings. The first kappa shape index (κ1) is 14.1. The van der Waals surface area contributed by atoms with Crippen molar-refractivity contribution in [3.05, 3.63) is 59.2 Å². The Labute approximate surface area is 128 Å². The lowest BCUT2D eigenvalue weighted by molar-refractivity contribution is -0.114. The summed E-state index contributed by atoms with van der Waals surface area (Å²) in [4.78, 5) is 22.4. The largest absolute Gasteiger partial charge is 0.457 e. The van der Waals surface area contributed by atoms with E-state index in [9.17, 15) is 9.59 Å². The van der Waals surface area contributed by atoms with Gasteiger partial charge in [-0.1, -0.05) is 12.1 Å². The lowest BCUT2D eigenvalue weighted by Gasteiger charge is -2.08. The van der Waals surface area contributed by atoms with Gasteiger partial charge in [0.25, 0.3) is 0 Å². The number of rotatable bonds is 4. The molecule has 5 nitrogen and oxygen atoms in total. The van der Waals surface area contributed by atoms with Crippen LogP contribution in [0.1, 0.15) is 28.4 Å². The van der Waals surface area contributed by atoms with E-state index in [1.54, 1.807) is 6.07 Å². The number of hydrogen-bond donors (Lipinski definition) is 2. The number of esters is 1. The Morgan fingerprint density at radius 3 is 2.59 bits per heavy atom. The van der Waals surface area contributed by atoms with Gasteiger partial charge in [0.2, 0.25) is 5.91 Å². The third kappa shape index (κ3) is 3.09. The first-order valence-electron chi connectivity index (χ1n) is 7.02. The number of hydrogen-bond acceptors (Lipinski definition) is 4. The van der Waals surface area contributed by atoms with Crippen LogP contribution >= 0.6 is 0 Å². The zero-order valence-electron chi connectivity index (χ0n) is 12.2. The number of amides is 1. The van der Waals surface area contributed by atoms with Crippen molar-refractivity contribution < 1.29 is 14.3 Å². The van der Waals surface area contributed by atoms with Crippen molar-refractivity contribution >= 4 is 23.3 Å². The monoisotopic (exact) mass is 296 g/mol. The highest BCUT2D eigenvalue weighted by Crippen LogP contribution is 2.23. The number of carbonyl (C=O) groups excluding carboxylic acids is 2. The summed E-state index contributed by atoms with van der Waals surface area (Å²) in [7, 11) is 0. The molecule has 0 atom stereocenters. The molecule has 0 aliphatic carbocycles. The molecule has 0 aromatic heterocycles. The molecule has 0 saturated carbocycles. The topological polar surface area (TPSA) is 67.4 Å². The quantitative estimate of drug-likeness (QED) is 0.851. The minimum atomic E-state index is -0.255. The van der Waals surface area contributed by atoms with E-state index in [0.29, 0.717) is 18.7 Å². The van der Waals surface area contributed by atoms with Crippen LogP contribution in [0.25, 0.3) is 0 Å². The van der Waals surface area contributed by atoms with Gasteiger partial charge in [0, 0.05) is 30.4 Å². The fourth-order valence-electron chi connectivity index (χ4n) is 2.36. The predicted molar refractivity (Wildman–Crippen MR) is 83.6 cm³/mol. The summed E-state index contributed by atoms with van der Waals surface area (Å²) in [6.07, 6.45) is 0. The molecule has 0 radical (unpaired) electrons. The molecular formula is C17H16N2O3. The molecule has 2 N–H and O–H groups in total. The maximum absolute atomic E-state index is 11.4. The Bertz CT molecular complexity index is 723. The zero-order chi connectivity index (χ0) is 15.5. The van der Waals surface area contributed by atoms with E-state index in [1.165, 1.54) is 6.92 Å². The second kappa shape index (κ2) is 5.89. The summed E-state index contributed by atoms with van der Waals surface area (Å²) in [5.41, 5.74) is 4.38. The maximum atomic E-state index is 11.4. The smallest absolute Gasteiger partial charge is 0.338 e. The average Bonchev–Trinajstić information content (AvgIpc) is 2.87. The summed E-state index contributed by atoms with van der Waals surface area (Å²) in [5, 5.41) is 6.04. The van der Waals surface area contributed by atoms with Gasteiger partial charge in [-0.15, -0.1) is 0 Å². The standard InChI is InChI=1S/C17H16N2O3/c1-11(20)19-14-4-2-12(3-5-14)9-18-15-6-7-16-13(8-15)10-22-17(16)21/h2-8,18H,9-10H2,1H3,(H,19,20). The van der Waals surface area contributed by atoms with Crippen LogP contribution in [0.5, 0.6) is 0 Å². The number of carbonyl (C=O) groups is 2. The molecule has 2 aromatic rings. The number of cyclic esters (lactones) is 1. The first-order chi connectivity index (χ1) is 10.6. The van der Waals surface area contributed by atoms with E-state index < -0.39 is 0 Å². The predicted octanol–water partition coefficient (Wildman–Crippen LogP) is 2.93. The minimum absolute atomic E-state index is 0.0826. The van der Waals surface area contributed by atoms with Crippen molar-refractivity contribution in [2.75, 3.05) is 10.6 Å². The van der Waals surface area contributed by atoms with Crippen LogP contribution in [0.2, 0.25) is 0 Å². The highest BCUT2D eigenvalue weighted by atomic mass is 16.5. The van der Waals surface area contributed by atoms with Gasteiger partial charge >= 0.3 is 5.97 Å². The molecule has 0 saturated heterocycles. The Morgan fingerprint density at radius 2 is 1.86 bits per heavy atom. The second-order valence-electron chi connectivity index (χ2n) is 5.18. The van der Waals surface area contributed by atoms with Crippen LogP contribution in [-0.4, -0.2) is 11.9 Å². The maximum Gasteiger partial charge on any atom is 0.338 e. The van der Waals surface area contributed by atoms with Gasteiger partial charge in [-0.05, 0) is 35.9 Å². The molecule has 0 spiro atoms. The SMILES string of the molecule is CC(=O)Nc1ccc(CNc2ccc3c(c2)COC3=O)cc1. The summed E-state index contributed by atoms with van der Waals surface area (Å²) >= 11 is 0. The first-order valence-corrected chi connectivity index (χ1v) is 7.02. The fraction of sp³-hybridized carbons (Fsp3) is 0.176. The third-order valence-electron chi connectivity index (χ3n) is 3.45. The van der Waals surface area contributed by atoms with Crippen molar-refractivity contribution in [3.63, 3.8) is 0 Å². The Morgan fingerprint density at radius 1 is 1.14 bits per heavy atom. The minimum Gasteiger partial charge on any atom is -0.457 e. The lowest BCUT2D eigenvalue weighted by Crippen LogP contribution is -2.06. The molecular weight excluding hydrogens is 280 g/mol. The Hall–Kier alpha value is -2.82. The number of nitrogens with one attached hydrogen (secondary N) is 2. The molecule has 0 bridgehead atoms. The van der Waals surface area contributed by atoms with Crippen molar-refractivity contribution in [2.24, 2.45) is 0 Å². The van der Waals surface area contributed by atoms with Crippen molar-refractivity contribution in [1.82, 2.24) is 0 Å². The molecule has 1 amide bonds. The summed E-state index contributed by atoms with van der Waals surface area (Å²) in [6.45, 7) is 2.49. The fourth-order valence-corrected chi connectivity index (χ4v) is 2.36. The molecule has 0 unspecified atom stereocenters. The van der Waals surface area contributed by atoms with Crippen molar-refractivity contribution in [3.8, 4) is 0 Å². The van der Waals surface area contributed by atoms with E-state index in [4.69, 9.17) is 4.74 Å². The van der Waals surface area contributed by atoms with E-state index in [2.05, 4.69) is 10.6 Å². The third-order valence-corrected chi connectivity index (χ3v) is 3.45. The second-order valence-corrected chi connectivity index (χ2v) is 5.18. The van der Waals surface area contributed by atoms with E-state index in [0.717, 1.165) is 22.5 Å². The van der Waals surface area contributed by atoms with Gasteiger partial charge in [0.1, 0.15) is 6.61 Å². The summed E-state index contributed by atoms with van der Waals surface area (Å²) in [6, 6.07) is 13.2. The molecule has 2 aromatic carbocycles. The van der Waals surface area contributed by atoms with Gasteiger partial charge in [0.15, 0.2) is 0 Å².